The highest BCUT2D eigenvalue weighted by atomic mass is 16.2. The van der Waals surface area contributed by atoms with E-state index in [2.05, 4.69) is 18.2 Å². The number of amides is 1. The van der Waals surface area contributed by atoms with Gasteiger partial charge in [-0.05, 0) is 49.4 Å². The Morgan fingerprint density at radius 1 is 1.35 bits per heavy atom. The molecule has 3 nitrogen and oxygen atoms in total. The Morgan fingerprint density at radius 2 is 2.18 bits per heavy atom. The van der Waals surface area contributed by atoms with E-state index >= 15 is 0 Å². The highest BCUT2D eigenvalue weighted by Crippen LogP contribution is 2.34. The summed E-state index contributed by atoms with van der Waals surface area (Å²) >= 11 is 0. The number of rotatable bonds is 4. The predicted molar refractivity (Wildman–Crippen MR) is 66.7 cm³/mol. The van der Waals surface area contributed by atoms with Crippen LogP contribution in [0.3, 0.4) is 0 Å². The lowest BCUT2D eigenvalue weighted by atomic mass is 10.0. The van der Waals surface area contributed by atoms with Gasteiger partial charge >= 0.3 is 0 Å². The van der Waals surface area contributed by atoms with Crippen LogP contribution in [-0.2, 0) is 13.0 Å². The Morgan fingerprint density at radius 3 is 2.88 bits per heavy atom. The summed E-state index contributed by atoms with van der Waals surface area (Å²) in [6.07, 6.45) is 4.32. The number of carbonyl (C=O) groups excluding carboxylic acids is 1. The number of fused-ring (bicyclic) bond motifs is 1. The number of benzene rings is 1. The van der Waals surface area contributed by atoms with Gasteiger partial charge in [-0.1, -0.05) is 12.1 Å². The first-order valence-corrected chi connectivity index (χ1v) is 6.42. The van der Waals surface area contributed by atoms with Crippen molar-refractivity contribution in [1.29, 1.82) is 0 Å². The summed E-state index contributed by atoms with van der Waals surface area (Å²) in [5.41, 5.74) is 8.86. The molecule has 1 aromatic rings. The van der Waals surface area contributed by atoms with Gasteiger partial charge in [0.15, 0.2) is 0 Å². The topological polar surface area (TPSA) is 46.3 Å². The molecule has 2 N–H and O–H groups in total. The van der Waals surface area contributed by atoms with Gasteiger partial charge in [-0.25, -0.2) is 0 Å². The van der Waals surface area contributed by atoms with Crippen molar-refractivity contribution in [2.24, 2.45) is 5.73 Å². The van der Waals surface area contributed by atoms with Crippen LogP contribution in [0.2, 0.25) is 0 Å². The van der Waals surface area contributed by atoms with Crippen LogP contribution < -0.4 is 5.73 Å². The minimum atomic E-state index is 0.233. The maximum absolute atomic E-state index is 12.2. The van der Waals surface area contributed by atoms with Gasteiger partial charge in [-0.15, -0.1) is 0 Å². The van der Waals surface area contributed by atoms with Crippen molar-refractivity contribution in [3.63, 3.8) is 0 Å². The summed E-state index contributed by atoms with van der Waals surface area (Å²) in [5, 5.41) is 0. The molecular formula is C14H18N2O. The molecule has 1 saturated carbocycles. The largest absolute Gasteiger partial charge is 0.331 e. The van der Waals surface area contributed by atoms with E-state index in [1.807, 2.05) is 4.90 Å². The van der Waals surface area contributed by atoms with Crippen LogP contribution in [0.4, 0.5) is 0 Å². The fraction of sp³-hybridized carbons (Fsp3) is 0.500. The third-order valence-electron chi connectivity index (χ3n) is 3.66. The average molecular weight is 230 g/mol. The Kier molecular flexibility index (Phi) is 2.63. The molecule has 3 rings (SSSR count). The Balaban J connectivity index is 1.82. The molecule has 3 heteroatoms. The third kappa shape index (κ3) is 1.95. The second kappa shape index (κ2) is 4.15. The average Bonchev–Trinajstić information content (AvgIpc) is 3.13. The SMILES string of the molecule is NCCCc1ccc2c(c1)C(=O)N(C1CC1)C2. The van der Waals surface area contributed by atoms with E-state index in [0.29, 0.717) is 12.6 Å². The molecule has 1 heterocycles. The summed E-state index contributed by atoms with van der Waals surface area (Å²) in [5.74, 6) is 0.233. The maximum atomic E-state index is 12.2. The first-order chi connectivity index (χ1) is 8.29. The Labute approximate surface area is 102 Å². The zero-order chi connectivity index (χ0) is 11.8. The molecular weight excluding hydrogens is 212 g/mol. The monoisotopic (exact) mass is 230 g/mol. The Bertz CT molecular complexity index is 452. The van der Waals surface area contributed by atoms with E-state index < -0.39 is 0 Å². The second-order valence-corrected chi connectivity index (χ2v) is 5.05. The number of nitrogens with two attached hydrogens (primary N) is 1. The molecule has 0 bridgehead atoms. The number of aryl methyl sites for hydroxylation is 1. The lowest BCUT2D eigenvalue weighted by molar-refractivity contribution is 0.0766. The van der Waals surface area contributed by atoms with Crippen molar-refractivity contribution in [2.75, 3.05) is 6.54 Å². The van der Waals surface area contributed by atoms with Crippen molar-refractivity contribution in [3.8, 4) is 0 Å². The van der Waals surface area contributed by atoms with Crippen molar-refractivity contribution < 1.29 is 4.79 Å². The minimum Gasteiger partial charge on any atom is -0.331 e. The molecule has 17 heavy (non-hydrogen) atoms. The molecule has 90 valence electrons. The van der Waals surface area contributed by atoms with Gasteiger partial charge < -0.3 is 10.6 Å². The van der Waals surface area contributed by atoms with Gasteiger partial charge in [0.05, 0.1) is 0 Å². The van der Waals surface area contributed by atoms with E-state index in [0.717, 1.165) is 24.9 Å². The van der Waals surface area contributed by atoms with E-state index in [4.69, 9.17) is 5.73 Å². The van der Waals surface area contributed by atoms with Crippen LogP contribution in [0.15, 0.2) is 18.2 Å². The smallest absolute Gasteiger partial charge is 0.254 e. The molecule has 0 saturated heterocycles. The van der Waals surface area contributed by atoms with Crippen molar-refractivity contribution in [1.82, 2.24) is 4.90 Å². The van der Waals surface area contributed by atoms with Gasteiger partial charge in [0.25, 0.3) is 5.91 Å². The Hall–Kier alpha value is -1.35. The standard InChI is InChI=1S/C14H18N2O/c15-7-1-2-10-3-4-11-9-16(12-5-6-12)14(17)13(11)8-10/h3-4,8,12H,1-2,5-7,9,15H2. The van der Waals surface area contributed by atoms with Crippen LogP contribution in [0.25, 0.3) is 0 Å². The highest BCUT2D eigenvalue weighted by molar-refractivity contribution is 5.98. The molecule has 1 aliphatic carbocycles. The van der Waals surface area contributed by atoms with Crippen LogP contribution in [0, 0.1) is 0 Å². The third-order valence-corrected chi connectivity index (χ3v) is 3.66. The fourth-order valence-electron chi connectivity index (χ4n) is 2.51. The molecule has 2 aliphatic rings. The van der Waals surface area contributed by atoms with Gasteiger partial charge in [-0.3, -0.25) is 4.79 Å². The van der Waals surface area contributed by atoms with Gasteiger partial charge in [-0.2, -0.15) is 0 Å². The number of nitrogens with zero attached hydrogens (tertiary/aromatic N) is 1. The molecule has 0 unspecified atom stereocenters. The molecule has 0 atom stereocenters. The van der Waals surface area contributed by atoms with Crippen LogP contribution in [0.1, 0.15) is 40.7 Å². The number of hydrogen-bond donors (Lipinski definition) is 1. The zero-order valence-electron chi connectivity index (χ0n) is 9.98. The molecule has 1 aromatic carbocycles. The molecule has 1 aliphatic heterocycles. The lowest BCUT2D eigenvalue weighted by Crippen LogP contribution is -2.25. The summed E-state index contributed by atoms with van der Waals surface area (Å²) in [7, 11) is 0. The minimum absolute atomic E-state index is 0.233. The maximum Gasteiger partial charge on any atom is 0.254 e. The molecule has 1 amide bonds. The van der Waals surface area contributed by atoms with Crippen molar-refractivity contribution in [3.05, 3.63) is 34.9 Å². The lowest BCUT2D eigenvalue weighted by Gasteiger charge is -2.13. The molecule has 0 radical (unpaired) electrons. The zero-order valence-corrected chi connectivity index (χ0v) is 9.98. The second-order valence-electron chi connectivity index (χ2n) is 5.05. The van der Waals surface area contributed by atoms with Gasteiger partial charge in [0.2, 0.25) is 0 Å². The summed E-state index contributed by atoms with van der Waals surface area (Å²) in [6, 6.07) is 6.83. The predicted octanol–water partition coefficient (Wildman–Crippen LogP) is 1.70. The molecule has 1 fully saturated rings. The number of hydrogen-bond acceptors (Lipinski definition) is 2. The van der Waals surface area contributed by atoms with Gasteiger partial charge in [0, 0.05) is 18.2 Å². The van der Waals surface area contributed by atoms with E-state index in [1.54, 1.807) is 0 Å². The van der Waals surface area contributed by atoms with Gasteiger partial charge in [0.1, 0.15) is 0 Å². The first kappa shape index (κ1) is 10.8. The quantitative estimate of drug-likeness (QED) is 0.855. The van der Waals surface area contributed by atoms with E-state index in [1.165, 1.54) is 24.0 Å². The fourth-order valence-corrected chi connectivity index (χ4v) is 2.51. The normalized spacial score (nSPS) is 18.6. The summed E-state index contributed by atoms with van der Waals surface area (Å²) in [4.78, 5) is 14.2. The van der Waals surface area contributed by atoms with Crippen LogP contribution >= 0.6 is 0 Å². The molecule has 0 spiro atoms. The first-order valence-electron chi connectivity index (χ1n) is 6.42. The van der Waals surface area contributed by atoms with Crippen LogP contribution in [0.5, 0.6) is 0 Å². The molecule has 0 aromatic heterocycles. The summed E-state index contributed by atoms with van der Waals surface area (Å²) < 4.78 is 0. The summed E-state index contributed by atoms with van der Waals surface area (Å²) in [6.45, 7) is 1.52. The van der Waals surface area contributed by atoms with Crippen molar-refractivity contribution >= 4 is 5.91 Å². The van der Waals surface area contributed by atoms with E-state index in [9.17, 15) is 4.79 Å². The number of carbonyl (C=O) groups is 1. The van der Waals surface area contributed by atoms with E-state index in [-0.39, 0.29) is 5.91 Å². The van der Waals surface area contributed by atoms with Crippen molar-refractivity contribution in [2.45, 2.75) is 38.3 Å². The highest BCUT2D eigenvalue weighted by Gasteiger charge is 2.38. The van der Waals surface area contributed by atoms with Crippen LogP contribution in [-0.4, -0.2) is 23.4 Å².